The second kappa shape index (κ2) is 5.09. The Morgan fingerprint density at radius 2 is 1.94 bits per heavy atom. The van der Waals surface area contributed by atoms with Gasteiger partial charge in [0.15, 0.2) is 0 Å². The number of anilines is 1. The number of rotatable bonds is 2. The minimum absolute atomic E-state index is 0.760. The molecule has 0 spiro atoms. The summed E-state index contributed by atoms with van der Waals surface area (Å²) in [6.45, 7) is 3.07. The van der Waals surface area contributed by atoms with Crippen molar-refractivity contribution in [3.8, 4) is 0 Å². The van der Waals surface area contributed by atoms with Crippen LogP contribution in [0, 0.1) is 5.92 Å². The zero-order valence-corrected chi connectivity index (χ0v) is 10.3. The van der Waals surface area contributed by atoms with E-state index in [1.807, 2.05) is 0 Å². The molecule has 2 heterocycles. The van der Waals surface area contributed by atoms with Crippen molar-refractivity contribution in [2.75, 3.05) is 25.1 Å². The SMILES string of the molecule is c1ccc2c(c1)NCCC2CC1CCOCC1. The molecule has 2 heteroatoms. The monoisotopic (exact) mass is 231 g/mol. The Kier molecular flexibility index (Phi) is 3.32. The van der Waals surface area contributed by atoms with Gasteiger partial charge in [0.2, 0.25) is 0 Å². The predicted octanol–water partition coefficient (Wildman–Crippen LogP) is 3.40. The van der Waals surface area contributed by atoms with E-state index in [1.54, 1.807) is 0 Å². The standard InChI is InChI=1S/C15H21NO/c1-2-4-15-14(3-1)13(5-8-16-15)11-12-6-9-17-10-7-12/h1-4,12-13,16H,5-11H2. The average Bonchev–Trinajstić information content (AvgIpc) is 2.40. The molecule has 0 saturated carbocycles. The third kappa shape index (κ3) is 2.47. The van der Waals surface area contributed by atoms with E-state index in [2.05, 4.69) is 29.6 Å². The fourth-order valence-electron chi connectivity index (χ4n) is 3.18. The largest absolute Gasteiger partial charge is 0.385 e. The number of hydrogen-bond acceptors (Lipinski definition) is 2. The average molecular weight is 231 g/mol. The molecule has 0 aromatic heterocycles. The first-order valence-electron chi connectivity index (χ1n) is 6.84. The summed E-state index contributed by atoms with van der Waals surface area (Å²) in [5.74, 6) is 1.63. The van der Waals surface area contributed by atoms with Crippen LogP contribution in [-0.2, 0) is 4.74 Å². The lowest BCUT2D eigenvalue weighted by Gasteiger charge is -2.31. The fraction of sp³-hybridized carbons (Fsp3) is 0.600. The molecule has 17 heavy (non-hydrogen) atoms. The maximum atomic E-state index is 5.45. The summed E-state index contributed by atoms with van der Waals surface area (Å²) in [6, 6.07) is 8.81. The van der Waals surface area contributed by atoms with E-state index in [0.717, 1.165) is 31.6 Å². The van der Waals surface area contributed by atoms with Crippen molar-refractivity contribution in [1.82, 2.24) is 0 Å². The summed E-state index contributed by atoms with van der Waals surface area (Å²) in [5.41, 5.74) is 2.89. The van der Waals surface area contributed by atoms with Crippen LogP contribution in [-0.4, -0.2) is 19.8 Å². The molecular weight excluding hydrogens is 210 g/mol. The van der Waals surface area contributed by atoms with Gasteiger partial charge in [-0.2, -0.15) is 0 Å². The van der Waals surface area contributed by atoms with Crippen molar-refractivity contribution in [3.63, 3.8) is 0 Å². The number of ether oxygens (including phenoxy) is 1. The molecule has 1 unspecified atom stereocenters. The van der Waals surface area contributed by atoms with Crippen LogP contribution in [0.2, 0.25) is 0 Å². The van der Waals surface area contributed by atoms with E-state index >= 15 is 0 Å². The first-order valence-corrected chi connectivity index (χ1v) is 6.84. The minimum Gasteiger partial charge on any atom is -0.385 e. The van der Waals surface area contributed by atoms with Crippen molar-refractivity contribution >= 4 is 5.69 Å². The van der Waals surface area contributed by atoms with Gasteiger partial charge < -0.3 is 10.1 Å². The third-order valence-electron chi connectivity index (χ3n) is 4.17. The molecule has 0 amide bonds. The number of para-hydroxylation sites is 1. The van der Waals surface area contributed by atoms with Crippen LogP contribution >= 0.6 is 0 Å². The van der Waals surface area contributed by atoms with E-state index in [1.165, 1.54) is 36.9 Å². The molecule has 1 atom stereocenters. The Hall–Kier alpha value is -1.02. The maximum absolute atomic E-state index is 5.45. The van der Waals surface area contributed by atoms with Crippen LogP contribution in [0.1, 0.15) is 37.2 Å². The van der Waals surface area contributed by atoms with Gasteiger partial charge in [-0.05, 0) is 49.1 Å². The van der Waals surface area contributed by atoms with Crippen molar-refractivity contribution in [1.29, 1.82) is 0 Å². The molecule has 1 N–H and O–H groups in total. The Labute approximate surface area is 103 Å². The summed E-state index contributed by atoms with van der Waals surface area (Å²) in [6.07, 6.45) is 5.15. The Morgan fingerprint density at radius 3 is 2.82 bits per heavy atom. The van der Waals surface area contributed by atoms with Crippen molar-refractivity contribution in [2.45, 2.75) is 31.6 Å². The van der Waals surface area contributed by atoms with Crippen LogP contribution in [0.5, 0.6) is 0 Å². The van der Waals surface area contributed by atoms with E-state index in [-0.39, 0.29) is 0 Å². The number of hydrogen-bond donors (Lipinski definition) is 1. The van der Waals surface area contributed by atoms with Crippen molar-refractivity contribution in [2.24, 2.45) is 5.92 Å². The van der Waals surface area contributed by atoms with Gasteiger partial charge in [-0.15, -0.1) is 0 Å². The molecule has 0 radical (unpaired) electrons. The Morgan fingerprint density at radius 1 is 1.12 bits per heavy atom. The molecule has 0 bridgehead atoms. The zero-order chi connectivity index (χ0) is 11.5. The van der Waals surface area contributed by atoms with E-state index in [4.69, 9.17) is 4.74 Å². The number of nitrogens with one attached hydrogen (secondary N) is 1. The molecule has 3 rings (SSSR count). The van der Waals surface area contributed by atoms with Gasteiger partial charge in [0, 0.05) is 25.4 Å². The van der Waals surface area contributed by atoms with Gasteiger partial charge in [0.25, 0.3) is 0 Å². The zero-order valence-electron chi connectivity index (χ0n) is 10.3. The molecular formula is C15H21NO. The second-order valence-electron chi connectivity index (χ2n) is 5.29. The topological polar surface area (TPSA) is 21.3 Å². The summed E-state index contributed by atoms with van der Waals surface area (Å²) in [4.78, 5) is 0. The molecule has 1 saturated heterocycles. The highest BCUT2D eigenvalue weighted by atomic mass is 16.5. The highest BCUT2D eigenvalue weighted by Gasteiger charge is 2.24. The molecule has 1 fully saturated rings. The lowest BCUT2D eigenvalue weighted by atomic mass is 9.81. The molecule has 1 aromatic carbocycles. The van der Waals surface area contributed by atoms with Gasteiger partial charge in [0.1, 0.15) is 0 Å². The van der Waals surface area contributed by atoms with E-state index in [9.17, 15) is 0 Å². The van der Waals surface area contributed by atoms with Gasteiger partial charge in [-0.1, -0.05) is 18.2 Å². The van der Waals surface area contributed by atoms with Crippen LogP contribution in [0.3, 0.4) is 0 Å². The molecule has 1 aromatic rings. The highest BCUT2D eigenvalue weighted by Crippen LogP contribution is 2.37. The quantitative estimate of drug-likeness (QED) is 0.842. The molecule has 2 nitrogen and oxygen atoms in total. The van der Waals surface area contributed by atoms with Crippen LogP contribution < -0.4 is 5.32 Å². The smallest absolute Gasteiger partial charge is 0.0468 e. The predicted molar refractivity (Wildman–Crippen MR) is 70.4 cm³/mol. The summed E-state index contributed by atoms with van der Waals surface area (Å²) < 4.78 is 5.45. The highest BCUT2D eigenvalue weighted by molar-refractivity contribution is 5.54. The van der Waals surface area contributed by atoms with E-state index < -0.39 is 0 Å². The van der Waals surface area contributed by atoms with Gasteiger partial charge >= 0.3 is 0 Å². The number of fused-ring (bicyclic) bond motifs is 1. The minimum atomic E-state index is 0.760. The second-order valence-corrected chi connectivity index (χ2v) is 5.29. The lowest BCUT2D eigenvalue weighted by Crippen LogP contribution is -2.22. The normalized spacial score (nSPS) is 25.1. The van der Waals surface area contributed by atoms with Gasteiger partial charge in [0.05, 0.1) is 0 Å². The first-order chi connectivity index (χ1) is 8.43. The summed E-state index contributed by atoms with van der Waals surface area (Å²) in [5, 5.41) is 3.51. The fourth-order valence-corrected chi connectivity index (χ4v) is 3.18. The van der Waals surface area contributed by atoms with E-state index in [0.29, 0.717) is 0 Å². The molecule has 92 valence electrons. The van der Waals surface area contributed by atoms with Crippen molar-refractivity contribution in [3.05, 3.63) is 29.8 Å². The lowest BCUT2D eigenvalue weighted by molar-refractivity contribution is 0.0614. The van der Waals surface area contributed by atoms with Gasteiger partial charge in [-0.3, -0.25) is 0 Å². The Balaban J connectivity index is 1.71. The van der Waals surface area contributed by atoms with Crippen LogP contribution in [0.25, 0.3) is 0 Å². The van der Waals surface area contributed by atoms with Crippen molar-refractivity contribution < 1.29 is 4.74 Å². The molecule has 2 aliphatic rings. The molecule has 0 aliphatic carbocycles. The first kappa shape index (κ1) is 11.1. The van der Waals surface area contributed by atoms with Crippen LogP contribution in [0.4, 0.5) is 5.69 Å². The maximum Gasteiger partial charge on any atom is 0.0468 e. The number of benzene rings is 1. The summed E-state index contributed by atoms with van der Waals surface area (Å²) >= 11 is 0. The molecule has 2 aliphatic heterocycles. The van der Waals surface area contributed by atoms with Crippen LogP contribution in [0.15, 0.2) is 24.3 Å². The summed E-state index contributed by atoms with van der Waals surface area (Å²) in [7, 11) is 0. The third-order valence-corrected chi connectivity index (χ3v) is 4.17. The van der Waals surface area contributed by atoms with Gasteiger partial charge in [-0.25, -0.2) is 0 Å². The Bertz CT molecular complexity index is 371.